The van der Waals surface area contributed by atoms with E-state index in [0.29, 0.717) is 5.69 Å². The summed E-state index contributed by atoms with van der Waals surface area (Å²) in [7, 11) is 0. The first-order valence-corrected chi connectivity index (χ1v) is 9.20. The predicted molar refractivity (Wildman–Crippen MR) is 101 cm³/mol. The van der Waals surface area contributed by atoms with Crippen molar-refractivity contribution in [3.05, 3.63) is 75.9 Å². The molecule has 1 aromatic heterocycles. The molecule has 1 aliphatic rings. The van der Waals surface area contributed by atoms with E-state index in [9.17, 15) is 4.79 Å². The Morgan fingerprint density at radius 3 is 2.80 bits per heavy atom. The molecule has 2 N–H and O–H groups in total. The second kappa shape index (κ2) is 6.84. The number of benzene rings is 2. The molecule has 0 aliphatic heterocycles. The topological polar surface area (TPSA) is 57.8 Å². The van der Waals surface area contributed by atoms with Crippen LogP contribution in [0.4, 0.5) is 0 Å². The third-order valence-corrected chi connectivity index (χ3v) is 5.17. The van der Waals surface area contributed by atoms with Gasteiger partial charge in [0.15, 0.2) is 0 Å². The van der Waals surface area contributed by atoms with Crippen molar-refractivity contribution < 1.29 is 4.79 Å². The van der Waals surface area contributed by atoms with Crippen LogP contribution < -0.4 is 5.32 Å². The molecule has 25 heavy (non-hydrogen) atoms. The minimum Gasteiger partial charge on any atom is -0.344 e. The normalized spacial score (nSPS) is 16.3. The van der Waals surface area contributed by atoms with E-state index in [2.05, 4.69) is 49.6 Å². The van der Waals surface area contributed by atoms with E-state index in [0.717, 1.165) is 35.0 Å². The maximum absolute atomic E-state index is 12.6. The first kappa shape index (κ1) is 16.1. The molecule has 0 spiro atoms. The van der Waals surface area contributed by atoms with E-state index in [-0.39, 0.29) is 11.9 Å². The van der Waals surface area contributed by atoms with Gasteiger partial charge in [-0.2, -0.15) is 5.10 Å². The molecule has 5 heteroatoms. The fourth-order valence-corrected chi connectivity index (χ4v) is 3.61. The van der Waals surface area contributed by atoms with E-state index in [1.807, 2.05) is 30.3 Å². The van der Waals surface area contributed by atoms with E-state index >= 15 is 0 Å². The SMILES string of the molecule is O=C(NC1CCCc2ccccc21)c1cc(-c2ccc(Br)cc2)n[nH]1. The number of nitrogens with zero attached hydrogens (tertiary/aromatic N) is 1. The van der Waals surface area contributed by atoms with Gasteiger partial charge in [-0.05, 0) is 48.6 Å². The highest BCUT2D eigenvalue weighted by Gasteiger charge is 2.22. The van der Waals surface area contributed by atoms with Crippen LogP contribution in [0.5, 0.6) is 0 Å². The summed E-state index contributed by atoms with van der Waals surface area (Å²) in [4.78, 5) is 12.6. The lowest BCUT2D eigenvalue weighted by Gasteiger charge is -2.26. The van der Waals surface area contributed by atoms with Crippen molar-refractivity contribution >= 4 is 21.8 Å². The second-order valence-corrected chi connectivity index (χ2v) is 7.21. The number of H-pyrrole nitrogens is 1. The van der Waals surface area contributed by atoms with Crippen molar-refractivity contribution in [2.75, 3.05) is 0 Å². The highest BCUT2D eigenvalue weighted by atomic mass is 79.9. The molecule has 1 atom stereocenters. The molecule has 0 saturated heterocycles. The molecule has 1 amide bonds. The van der Waals surface area contributed by atoms with Crippen LogP contribution in [0.1, 0.15) is 40.5 Å². The average molecular weight is 396 g/mol. The van der Waals surface area contributed by atoms with Gasteiger partial charge in [0.05, 0.1) is 11.7 Å². The van der Waals surface area contributed by atoms with E-state index < -0.39 is 0 Å². The highest BCUT2D eigenvalue weighted by molar-refractivity contribution is 9.10. The minimum absolute atomic E-state index is 0.0666. The van der Waals surface area contributed by atoms with Crippen LogP contribution in [0.25, 0.3) is 11.3 Å². The van der Waals surface area contributed by atoms with E-state index in [4.69, 9.17) is 0 Å². The van der Waals surface area contributed by atoms with Crippen LogP contribution in [0, 0.1) is 0 Å². The standard InChI is InChI=1S/C20H18BrN3O/c21-15-10-8-14(9-11-15)18-12-19(24-23-18)20(25)22-17-7-3-5-13-4-1-2-6-16(13)17/h1-2,4,6,8-12,17H,3,5,7H2,(H,22,25)(H,23,24). The van der Waals surface area contributed by atoms with Crippen LogP contribution in [-0.2, 0) is 6.42 Å². The van der Waals surface area contributed by atoms with Gasteiger partial charge in [-0.25, -0.2) is 0 Å². The Kier molecular flexibility index (Phi) is 4.40. The maximum Gasteiger partial charge on any atom is 0.269 e. The lowest BCUT2D eigenvalue weighted by Crippen LogP contribution is -2.31. The molecule has 4 rings (SSSR count). The van der Waals surface area contributed by atoms with Crippen molar-refractivity contribution in [3.63, 3.8) is 0 Å². The van der Waals surface area contributed by atoms with Crippen LogP contribution in [0.15, 0.2) is 59.1 Å². The summed E-state index contributed by atoms with van der Waals surface area (Å²) in [5, 5.41) is 10.3. The number of aryl methyl sites for hydroxylation is 1. The number of hydrogen-bond donors (Lipinski definition) is 2. The lowest BCUT2D eigenvalue weighted by molar-refractivity contribution is 0.0927. The molecule has 1 heterocycles. The van der Waals surface area contributed by atoms with Crippen LogP contribution in [0.3, 0.4) is 0 Å². The van der Waals surface area contributed by atoms with Gasteiger partial charge in [0, 0.05) is 10.0 Å². The third kappa shape index (κ3) is 3.37. The van der Waals surface area contributed by atoms with Gasteiger partial charge >= 0.3 is 0 Å². The predicted octanol–water partition coefficient (Wildman–Crippen LogP) is 4.65. The van der Waals surface area contributed by atoms with Gasteiger partial charge in [0.25, 0.3) is 5.91 Å². The van der Waals surface area contributed by atoms with Crippen molar-refractivity contribution in [3.8, 4) is 11.3 Å². The Morgan fingerprint density at radius 2 is 1.96 bits per heavy atom. The largest absolute Gasteiger partial charge is 0.344 e. The number of nitrogens with one attached hydrogen (secondary N) is 2. The molecular formula is C20H18BrN3O. The number of fused-ring (bicyclic) bond motifs is 1. The molecule has 1 aliphatic carbocycles. The zero-order chi connectivity index (χ0) is 17.2. The monoisotopic (exact) mass is 395 g/mol. The zero-order valence-electron chi connectivity index (χ0n) is 13.6. The first-order chi connectivity index (χ1) is 12.2. The summed E-state index contributed by atoms with van der Waals surface area (Å²) < 4.78 is 1.01. The fraction of sp³-hybridized carbons (Fsp3) is 0.200. The van der Waals surface area contributed by atoms with Gasteiger partial charge in [-0.15, -0.1) is 0 Å². The maximum atomic E-state index is 12.6. The zero-order valence-corrected chi connectivity index (χ0v) is 15.2. The number of carbonyl (C=O) groups is 1. The molecule has 0 fully saturated rings. The lowest BCUT2D eigenvalue weighted by atomic mass is 9.87. The van der Waals surface area contributed by atoms with Gasteiger partial charge in [-0.1, -0.05) is 52.3 Å². The summed E-state index contributed by atoms with van der Waals surface area (Å²) in [5.41, 5.74) is 4.79. The van der Waals surface area contributed by atoms with Crippen LogP contribution in [0.2, 0.25) is 0 Å². The van der Waals surface area contributed by atoms with Gasteiger partial charge in [0.1, 0.15) is 5.69 Å². The quantitative estimate of drug-likeness (QED) is 0.677. The van der Waals surface area contributed by atoms with Crippen LogP contribution >= 0.6 is 15.9 Å². The number of aromatic nitrogens is 2. The summed E-state index contributed by atoms with van der Waals surface area (Å²) in [6, 6.07) is 18.1. The number of hydrogen-bond acceptors (Lipinski definition) is 2. The summed E-state index contributed by atoms with van der Waals surface area (Å²) in [5.74, 6) is -0.113. The number of carbonyl (C=O) groups excluding carboxylic acids is 1. The fourth-order valence-electron chi connectivity index (χ4n) is 3.35. The molecule has 3 aromatic rings. The van der Waals surface area contributed by atoms with E-state index in [1.165, 1.54) is 11.1 Å². The van der Waals surface area contributed by atoms with Crippen molar-refractivity contribution in [1.29, 1.82) is 0 Å². The molecule has 2 aromatic carbocycles. The Morgan fingerprint density at radius 1 is 1.16 bits per heavy atom. The van der Waals surface area contributed by atoms with Crippen molar-refractivity contribution in [2.45, 2.75) is 25.3 Å². The molecule has 4 nitrogen and oxygen atoms in total. The molecule has 0 bridgehead atoms. The number of amides is 1. The minimum atomic E-state index is -0.113. The number of rotatable bonds is 3. The molecule has 126 valence electrons. The number of halogens is 1. The first-order valence-electron chi connectivity index (χ1n) is 8.41. The molecular weight excluding hydrogens is 378 g/mol. The van der Waals surface area contributed by atoms with Crippen LogP contribution in [-0.4, -0.2) is 16.1 Å². The van der Waals surface area contributed by atoms with Crippen molar-refractivity contribution in [1.82, 2.24) is 15.5 Å². The Balaban J connectivity index is 1.52. The van der Waals surface area contributed by atoms with Gasteiger partial charge in [-0.3, -0.25) is 9.89 Å². The Hall–Kier alpha value is -2.40. The smallest absolute Gasteiger partial charge is 0.269 e. The van der Waals surface area contributed by atoms with E-state index in [1.54, 1.807) is 6.07 Å². The van der Waals surface area contributed by atoms with Crippen molar-refractivity contribution in [2.24, 2.45) is 0 Å². The molecule has 0 radical (unpaired) electrons. The average Bonchev–Trinajstić information content (AvgIpc) is 3.13. The highest BCUT2D eigenvalue weighted by Crippen LogP contribution is 2.29. The summed E-state index contributed by atoms with van der Waals surface area (Å²) in [6.07, 6.45) is 3.14. The summed E-state index contributed by atoms with van der Waals surface area (Å²) in [6.45, 7) is 0. The van der Waals surface area contributed by atoms with Gasteiger partial charge in [0.2, 0.25) is 0 Å². The Labute approximate surface area is 154 Å². The summed E-state index contributed by atoms with van der Waals surface area (Å²) >= 11 is 3.42. The Bertz CT molecular complexity index is 901. The third-order valence-electron chi connectivity index (χ3n) is 4.64. The second-order valence-electron chi connectivity index (χ2n) is 6.29. The molecule has 1 unspecified atom stereocenters. The molecule has 0 saturated carbocycles. The number of aromatic amines is 1. The van der Waals surface area contributed by atoms with Gasteiger partial charge < -0.3 is 5.32 Å².